The van der Waals surface area contributed by atoms with Gasteiger partial charge in [-0.15, -0.1) is 0 Å². The summed E-state index contributed by atoms with van der Waals surface area (Å²) in [4.78, 5) is 17.0. The highest BCUT2D eigenvalue weighted by molar-refractivity contribution is 8.13. The van der Waals surface area contributed by atoms with Crippen molar-refractivity contribution in [3.63, 3.8) is 0 Å². The lowest BCUT2D eigenvalue weighted by Crippen LogP contribution is -2.44. The number of alkyl carbamates (subject to hydrolysis) is 1. The van der Waals surface area contributed by atoms with Crippen molar-refractivity contribution >= 4 is 23.0 Å². The first-order valence-electron chi connectivity index (χ1n) is 9.17. The molecule has 0 spiro atoms. The van der Waals surface area contributed by atoms with Gasteiger partial charge < -0.3 is 9.47 Å². The smallest absolute Gasteiger partial charge is 0.413 e. The number of methoxy groups -OCH3 is 1. The van der Waals surface area contributed by atoms with Gasteiger partial charge in [-0.2, -0.15) is 0 Å². The van der Waals surface area contributed by atoms with Crippen molar-refractivity contribution < 1.29 is 18.7 Å². The van der Waals surface area contributed by atoms with Gasteiger partial charge in [0.25, 0.3) is 0 Å². The summed E-state index contributed by atoms with van der Waals surface area (Å²) in [5.74, 6) is 0.475. The van der Waals surface area contributed by atoms with Crippen LogP contribution in [0.1, 0.15) is 44.7 Å². The summed E-state index contributed by atoms with van der Waals surface area (Å²) in [6.07, 6.45) is 0.951. The number of benzene rings is 1. The minimum absolute atomic E-state index is 0.0178. The third kappa shape index (κ3) is 4.14. The summed E-state index contributed by atoms with van der Waals surface area (Å²) in [5, 5.41) is 3.21. The van der Waals surface area contributed by atoms with Gasteiger partial charge in [-0.1, -0.05) is 29.5 Å². The van der Waals surface area contributed by atoms with Crippen LogP contribution in [0.15, 0.2) is 23.2 Å². The Kier molecular flexibility index (Phi) is 5.54. The van der Waals surface area contributed by atoms with Crippen molar-refractivity contribution in [2.45, 2.75) is 57.8 Å². The number of fused-ring (bicyclic) bond motifs is 1. The zero-order chi connectivity index (χ0) is 19.8. The number of aryl methyl sites for hydroxylation is 1. The van der Waals surface area contributed by atoms with Crippen LogP contribution < -0.4 is 5.32 Å². The summed E-state index contributed by atoms with van der Waals surface area (Å²) in [6, 6.07) is 5.12. The van der Waals surface area contributed by atoms with Gasteiger partial charge in [-0.05, 0) is 46.6 Å². The number of thioether (sulfide) groups is 1. The van der Waals surface area contributed by atoms with Gasteiger partial charge in [0.05, 0.1) is 11.6 Å². The van der Waals surface area contributed by atoms with Crippen LogP contribution in [-0.2, 0) is 15.0 Å². The molecule has 1 aliphatic carbocycles. The average molecular weight is 395 g/mol. The Bertz CT molecular complexity index is 762. The molecule has 3 rings (SSSR count). The van der Waals surface area contributed by atoms with E-state index in [0.29, 0.717) is 22.9 Å². The average Bonchev–Trinajstić information content (AvgIpc) is 2.94. The van der Waals surface area contributed by atoms with E-state index in [9.17, 15) is 9.18 Å². The molecule has 1 N–H and O–H groups in total. The molecule has 0 unspecified atom stereocenters. The van der Waals surface area contributed by atoms with E-state index in [1.165, 1.54) is 17.8 Å². The Hall–Kier alpha value is -1.60. The van der Waals surface area contributed by atoms with Crippen molar-refractivity contribution in [3.8, 4) is 0 Å². The number of amides is 1. The topological polar surface area (TPSA) is 59.9 Å². The third-order valence-electron chi connectivity index (χ3n) is 5.07. The lowest BCUT2D eigenvalue weighted by atomic mass is 9.80. The second-order valence-electron chi connectivity index (χ2n) is 8.18. The fraction of sp³-hybridized carbons (Fsp3) is 0.600. The molecule has 0 radical (unpaired) electrons. The summed E-state index contributed by atoms with van der Waals surface area (Å²) < 4.78 is 25.8. The van der Waals surface area contributed by atoms with E-state index < -0.39 is 17.2 Å². The van der Waals surface area contributed by atoms with E-state index in [4.69, 9.17) is 14.5 Å². The zero-order valence-corrected chi connectivity index (χ0v) is 17.3. The minimum atomic E-state index is -0.730. The molecule has 5 nitrogen and oxygen atoms in total. The fourth-order valence-electron chi connectivity index (χ4n) is 3.93. The highest BCUT2D eigenvalue weighted by atomic mass is 32.2. The number of carbonyl (C=O) groups excluding carboxylic acids is 1. The maximum Gasteiger partial charge on any atom is 0.413 e. The number of rotatable bonds is 2. The predicted octanol–water partition coefficient (Wildman–Crippen LogP) is 4.38. The Labute approximate surface area is 164 Å². The summed E-state index contributed by atoms with van der Waals surface area (Å²) in [7, 11) is 1.69. The number of nitrogens with zero attached hydrogens (tertiary/aromatic N) is 1. The van der Waals surface area contributed by atoms with Crippen LogP contribution in [0.5, 0.6) is 0 Å². The summed E-state index contributed by atoms with van der Waals surface area (Å²) in [5.41, 5.74) is 0.236. The van der Waals surface area contributed by atoms with Gasteiger partial charge in [-0.3, -0.25) is 10.3 Å². The molecule has 0 aromatic heterocycles. The molecule has 27 heavy (non-hydrogen) atoms. The fourth-order valence-corrected chi connectivity index (χ4v) is 5.14. The lowest BCUT2D eigenvalue weighted by Gasteiger charge is -2.38. The minimum Gasteiger partial charge on any atom is -0.444 e. The van der Waals surface area contributed by atoms with Crippen molar-refractivity contribution in [1.82, 2.24) is 5.32 Å². The molecular weight excluding hydrogens is 367 g/mol. The zero-order valence-electron chi connectivity index (χ0n) is 16.5. The first kappa shape index (κ1) is 20.1. The van der Waals surface area contributed by atoms with E-state index in [-0.39, 0.29) is 17.8 Å². The van der Waals surface area contributed by atoms with Crippen LogP contribution in [0.4, 0.5) is 9.18 Å². The largest absolute Gasteiger partial charge is 0.444 e. The SMILES string of the molecule is CO[C@H]1CC[C@]2(c3cc(C)ccc3F)N=C(NC(=O)OC(C)(C)C)SC[C@H]12. The number of hydrogen-bond donors (Lipinski definition) is 1. The van der Waals surface area contributed by atoms with Crippen molar-refractivity contribution in [2.75, 3.05) is 12.9 Å². The number of hydrogen-bond acceptors (Lipinski definition) is 5. The van der Waals surface area contributed by atoms with E-state index in [2.05, 4.69) is 5.32 Å². The number of amidine groups is 1. The molecule has 1 aromatic rings. The standard InChI is InChI=1S/C20H27FN2O3S/c1-12-6-7-15(21)13(10-12)20-9-8-16(25-5)14(20)11-27-17(23-20)22-18(24)26-19(2,3)4/h6-7,10,14,16H,8-9,11H2,1-5H3,(H,22,23,24)/t14-,16+,20-/m1/s1. The number of ether oxygens (including phenoxy) is 2. The van der Waals surface area contributed by atoms with E-state index in [0.717, 1.165) is 12.0 Å². The first-order chi connectivity index (χ1) is 12.6. The van der Waals surface area contributed by atoms with Gasteiger partial charge in [0.1, 0.15) is 11.4 Å². The van der Waals surface area contributed by atoms with E-state index in [1.54, 1.807) is 13.2 Å². The van der Waals surface area contributed by atoms with Crippen molar-refractivity contribution in [3.05, 3.63) is 35.1 Å². The van der Waals surface area contributed by atoms with Crippen LogP contribution in [0.3, 0.4) is 0 Å². The lowest BCUT2D eigenvalue weighted by molar-refractivity contribution is 0.0561. The number of carbonyl (C=O) groups is 1. The highest BCUT2D eigenvalue weighted by Crippen LogP contribution is 2.52. The molecule has 1 fully saturated rings. The maximum absolute atomic E-state index is 14.8. The normalized spacial score (nSPS) is 27.7. The summed E-state index contributed by atoms with van der Waals surface area (Å²) >= 11 is 1.45. The Balaban J connectivity index is 1.98. The third-order valence-corrected chi connectivity index (χ3v) is 6.06. The quantitative estimate of drug-likeness (QED) is 0.809. The Morgan fingerprint density at radius 2 is 2.15 bits per heavy atom. The Morgan fingerprint density at radius 3 is 2.81 bits per heavy atom. The van der Waals surface area contributed by atoms with Crippen LogP contribution in [0, 0.1) is 18.7 Å². The van der Waals surface area contributed by atoms with Crippen LogP contribution in [0.2, 0.25) is 0 Å². The van der Waals surface area contributed by atoms with Crippen LogP contribution in [0.25, 0.3) is 0 Å². The number of halogens is 1. The van der Waals surface area contributed by atoms with Gasteiger partial charge in [-0.25, -0.2) is 9.18 Å². The molecule has 0 saturated heterocycles. The van der Waals surface area contributed by atoms with Gasteiger partial charge in [0.15, 0.2) is 5.17 Å². The van der Waals surface area contributed by atoms with Crippen LogP contribution in [-0.4, -0.2) is 35.8 Å². The maximum atomic E-state index is 14.8. The second kappa shape index (κ2) is 7.43. The van der Waals surface area contributed by atoms with Crippen molar-refractivity contribution in [1.29, 1.82) is 0 Å². The molecule has 1 aliphatic heterocycles. The Morgan fingerprint density at radius 1 is 1.41 bits per heavy atom. The molecule has 3 atom stereocenters. The summed E-state index contributed by atoms with van der Waals surface area (Å²) in [6.45, 7) is 7.37. The van der Waals surface area contributed by atoms with Crippen LogP contribution >= 0.6 is 11.8 Å². The molecule has 2 aliphatic rings. The van der Waals surface area contributed by atoms with E-state index in [1.807, 2.05) is 33.8 Å². The molecule has 1 heterocycles. The number of aliphatic imine (C=N–C) groups is 1. The van der Waals surface area contributed by atoms with Crippen molar-refractivity contribution in [2.24, 2.45) is 10.9 Å². The molecular formula is C20H27FN2O3S. The monoisotopic (exact) mass is 394 g/mol. The molecule has 0 bridgehead atoms. The first-order valence-corrected chi connectivity index (χ1v) is 10.2. The molecule has 1 aromatic carbocycles. The molecule has 148 valence electrons. The molecule has 1 saturated carbocycles. The predicted molar refractivity (Wildman–Crippen MR) is 106 cm³/mol. The number of nitrogens with one attached hydrogen (secondary N) is 1. The second-order valence-corrected chi connectivity index (χ2v) is 9.19. The molecule has 7 heteroatoms. The van der Waals surface area contributed by atoms with Gasteiger partial charge in [0, 0.05) is 24.3 Å². The van der Waals surface area contributed by atoms with Gasteiger partial charge in [0.2, 0.25) is 0 Å². The van der Waals surface area contributed by atoms with E-state index >= 15 is 0 Å². The molecule has 1 amide bonds. The highest BCUT2D eigenvalue weighted by Gasteiger charge is 2.53. The van der Waals surface area contributed by atoms with Gasteiger partial charge >= 0.3 is 6.09 Å².